The van der Waals surface area contributed by atoms with Crippen LogP contribution < -0.4 is 20.8 Å². The third-order valence-corrected chi connectivity index (χ3v) is 6.36. The maximum absolute atomic E-state index is 12.2. The lowest BCUT2D eigenvalue weighted by atomic mass is 10.1. The molecule has 0 saturated carbocycles. The number of rotatable bonds is 7. The van der Waals surface area contributed by atoms with Crippen molar-refractivity contribution in [1.82, 2.24) is 14.5 Å². The lowest BCUT2D eigenvalue weighted by molar-refractivity contribution is -0.746. The molecule has 3 rings (SSSR count). The molecule has 0 amide bonds. The van der Waals surface area contributed by atoms with Crippen LogP contribution in [0.1, 0.15) is 13.2 Å². The van der Waals surface area contributed by atoms with Gasteiger partial charge in [0.1, 0.15) is 18.3 Å². The Morgan fingerprint density at radius 1 is 1.40 bits per heavy atom. The zero-order valence-corrected chi connectivity index (χ0v) is 17.0. The van der Waals surface area contributed by atoms with Crippen LogP contribution >= 0.6 is 15.6 Å². The highest BCUT2D eigenvalue weighted by Crippen LogP contribution is 2.55. The van der Waals surface area contributed by atoms with Crippen LogP contribution in [0.3, 0.4) is 0 Å². The largest absolute Gasteiger partial charge is 0.756 e. The van der Waals surface area contributed by atoms with Crippen LogP contribution in [-0.4, -0.2) is 59.5 Å². The second kappa shape index (κ2) is 8.09. The molecule has 7 N–H and O–H groups in total. The summed E-state index contributed by atoms with van der Waals surface area (Å²) in [6.07, 6.45) is -4.61. The van der Waals surface area contributed by atoms with Crippen LogP contribution in [0.5, 0.6) is 0 Å². The highest BCUT2D eigenvalue weighted by atomic mass is 31.3. The molecular formula is C12H19N5O11P2. The number of hydrogen-bond donors (Lipinski definition) is 6. The molecule has 18 heteroatoms. The van der Waals surface area contributed by atoms with Gasteiger partial charge in [0.2, 0.25) is 11.7 Å². The van der Waals surface area contributed by atoms with Crippen LogP contribution in [0.15, 0.2) is 11.1 Å². The van der Waals surface area contributed by atoms with E-state index >= 15 is 0 Å². The van der Waals surface area contributed by atoms with Crippen LogP contribution in [0.25, 0.3) is 11.2 Å². The number of nitrogens with zero attached hydrogens (tertiary/aromatic N) is 3. The van der Waals surface area contributed by atoms with Gasteiger partial charge in [0.25, 0.3) is 19.3 Å². The first kappa shape index (κ1) is 23.0. The molecule has 1 saturated heterocycles. The zero-order chi connectivity index (χ0) is 22.4. The van der Waals surface area contributed by atoms with Gasteiger partial charge in [-0.15, -0.1) is 0 Å². The van der Waals surface area contributed by atoms with E-state index in [9.17, 15) is 29.0 Å². The summed E-state index contributed by atoms with van der Waals surface area (Å²) in [6, 6.07) is 0. The molecule has 2 aromatic heterocycles. The van der Waals surface area contributed by atoms with Gasteiger partial charge in [-0.05, 0) is 6.92 Å². The summed E-state index contributed by atoms with van der Waals surface area (Å²) in [5.74, 6) is -0.204. The van der Waals surface area contributed by atoms with Crippen molar-refractivity contribution < 1.29 is 52.2 Å². The summed E-state index contributed by atoms with van der Waals surface area (Å²) in [4.78, 5) is 47.2. The maximum Gasteiger partial charge on any atom is 0.476 e. The summed E-state index contributed by atoms with van der Waals surface area (Å²) >= 11 is 0. The number of aromatic nitrogens is 4. The molecule has 0 bridgehead atoms. The molecule has 0 aromatic carbocycles. The highest BCUT2D eigenvalue weighted by molar-refractivity contribution is 7.60. The number of aryl methyl sites for hydroxylation is 1. The molecule has 0 aliphatic carbocycles. The van der Waals surface area contributed by atoms with Crippen molar-refractivity contribution in [2.75, 3.05) is 12.3 Å². The summed E-state index contributed by atoms with van der Waals surface area (Å²) in [5, 5.41) is 20.6. The van der Waals surface area contributed by atoms with Gasteiger partial charge >= 0.3 is 13.5 Å². The average molecular weight is 471 g/mol. The number of ether oxygens (including phenoxy) is 1. The standard InChI is InChI=1S/C12H19N5O11P2/c1-2-16-4-17(9-6(16)10(20)15-12(13)14-9)11-8(19)7(18)5(27-11)3-26-30(24,25)28-29(21,22)23/h4-5,7-8,11,18-19H,2-3H2,1H3,(H5-,13,14,15,20,21,22,23,24,25)/t5-,7-,8-,11-/m1/s1. The molecular weight excluding hydrogens is 452 g/mol. The van der Waals surface area contributed by atoms with Gasteiger partial charge in [-0.3, -0.25) is 18.9 Å². The van der Waals surface area contributed by atoms with Crippen LogP contribution in [0.2, 0.25) is 0 Å². The summed E-state index contributed by atoms with van der Waals surface area (Å²) in [6.45, 7) is 1.16. The number of anilines is 1. The molecule has 16 nitrogen and oxygen atoms in total. The van der Waals surface area contributed by atoms with Gasteiger partial charge in [-0.1, -0.05) is 4.98 Å². The first-order chi connectivity index (χ1) is 13.8. The lowest BCUT2D eigenvalue weighted by Gasteiger charge is -2.24. The molecule has 30 heavy (non-hydrogen) atoms. The number of aromatic amines is 1. The van der Waals surface area contributed by atoms with Crippen molar-refractivity contribution in [3.05, 3.63) is 16.7 Å². The number of imidazole rings is 1. The molecule has 3 heterocycles. The molecule has 1 aliphatic rings. The Bertz CT molecular complexity index is 1100. The number of aliphatic hydroxyl groups excluding tert-OH is 2. The Labute approximate surface area is 167 Å². The van der Waals surface area contributed by atoms with Crippen LogP contribution in [-0.2, 0) is 29.2 Å². The fraction of sp³-hybridized carbons (Fsp3) is 0.583. The van der Waals surface area contributed by atoms with Crippen LogP contribution in [0, 0.1) is 0 Å². The Morgan fingerprint density at radius 2 is 2.07 bits per heavy atom. The second-order valence-corrected chi connectivity index (χ2v) is 9.08. The molecule has 1 aliphatic heterocycles. The van der Waals surface area contributed by atoms with Gasteiger partial charge in [-0.2, -0.15) is 0 Å². The van der Waals surface area contributed by atoms with E-state index in [1.807, 2.05) is 0 Å². The summed E-state index contributed by atoms with van der Waals surface area (Å²) < 4.78 is 38.2. The van der Waals surface area contributed by atoms with Gasteiger partial charge < -0.3 is 39.9 Å². The highest BCUT2D eigenvalue weighted by Gasteiger charge is 2.47. The fourth-order valence-electron chi connectivity index (χ4n) is 3.01. The van der Waals surface area contributed by atoms with E-state index in [1.54, 1.807) is 6.92 Å². The van der Waals surface area contributed by atoms with E-state index in [4.69, 9.17) is 20.3 Å². The molecule has 5 atom stereocenters. The molecule has 2 aromatic rings. The number of hydrogen-bond acceptors (Lipinski definition) is 11. The van der Waals surface area contributed by atoms with Crippen molar-refractivity contribution >= 4 is 32.8 Å². The molecule has 168 valence electrons. The predicted octanol–water partition coefficient (Wildman–Crippen LogP) is -3.17. The SMILES string of the molecule is CCn1c[n+]([C@@H]2O[C@H](COP(=O)([O-])OP(=O)(O)O)[C@@H](O)[C@H]2O)c2nc(N)[nH]c(=O)c21. The average Bonchev–Trinajstić information content (AvgIpc) is 3.10. The van der Waals surface area contributed by atoms with E-state index in [2.05, 4.69) is 18.8 Å². The van der Waals surface area contributed by atoms with Gasteiger partial charge in [0, 0.05) is 0 Å². The van der Waals surface area contributed by atoms with E-state index in [1.165, 1.54) is 15.5 Å². The van der Waals surface area contributed by atoms with E-state index in [0.717, 1.165) is 0 Å². The van der Waals surface area contributed by atoms with Crippen molar-refractivity contribution in [2.45, 2.75) is 38.0 Å². The monoisotopic (exact) mass is 471 g/mol. The number of phosphoric ester groups is 1. The third kappa shape index (κ3) is 4.63. The van der Waals surface area contributed by atoms with E-state index in [0.29, 0.717) is 6.54 Å². The Hall–Kier alpha value is -1.71. The predicted molar refractivity (Wildman–Crippen MR) is 93.2 cm³/mol. The topological polar surface area (TPSA) is 246 Å². The fourth-order valence-corrected chi connectivity index (χ4v) is 4.57. The number of fused-ring (bicyclic) bond motifs is 1. The quantitative estimate of drug-likeness (QED) is 0.172. The zero-order valence-electron chi connectivity index (χ0n) is 15.3. The maximum atomic E-state index is 12.2. The minimum Gasteiger partial charge on any atom is -0.756 e. The summed E-state index contributed by atoms with van der Waals surface area (Å²) in [5.41, 5.74) is 5.18. The first-order valence-electron chi connectivity index (χ1n) is 8.37. The first-order valence-corrected chi connectivity index (χ1v) is 11.4. The van der Waals surface area contributed by atoms with Gasteiger partial charge in [0.05, 0.1) is 13.2 Å². The molecule has 0 radical (unpaired) electrons. The van der Waals surface area contributed by atoms with Crippen molar-refractivity contribution in [1.29, 1.82) is 0 Å². The Morgan fingerprint density at radius 3 is 2.67 bits per heavy atom. The number of nitrogens with one attached hydrogen (secondary N) is 1. The van der Waals surface area contributed by atoms with E-state index < -0.39 is 52.4 Å². The van der Waals surface area contributed by atoms with Crippen molar-refractivity contribution in [3.63, 3.8) is 0 Å². The number of phosphoric acid groups is 2. The second-order valence-electron chi connectivity index (χ2n) is 6.29. The minimum atomic E-state index is -5.43. The van der Waals surface area contributed by atoms with Crippen LogP contribution in [0.4, 0.5) is 5.95 Å². The van der Waals surface area contributed by atoms with E-state index in [-0.39, 0.29) is 17.1 Å². The number of aliphatic hydroxyl groups is 2. The minimum absolute atomic E-state index is 0.0373. The van der Waals surface area contributed by atoms with Gasteiger partial charge in [0.15, 0.2) is 6.33 Å². The Kier molecular flexibility index (Phi) is 6.19. The van der Waals surface area contributed by atoms with Crippen molar-refractivity contribution in [2.24, 2.45) is 0 Å². The number of H-pyrrole nitrogens is 1. The lowest BCUT2D eigenvalue weighted by Crippen LogP contribution is -2.46. The number of nitrogens with two attached hydrogens (primary N) is 1. The van der Waals surface area contributed by atoms with Crippen molar-refractivity contribution in [3.8, 4) is 0 Å². The normalized spacial score (nSPS) is 26.9. The molecule has 1 fully saturated rings. The Balaban J connectivity index is 1.87. The molecule has 1 unspecified atom stereocenters. The summed E-state index contributed by atoms with van der Waals surface area (Å²) in [7, 11) is -10.8. The number of nitrogen functional groups attached to an aromatic ring is 1. The third-order valence-electron chi connectivity index (χ3n) is 4.25. The smallest absolute Gasteiger partial charge is 0.476 e. The molecule has 0 spiro atoms. The van der Waals surface area contributed by atoms with Gasteiger partial charge in [-0.25, -0.2) is 13.4 Å².